The molecule has 2 aliphatic carbocycles. The lowest BCUT2D eigenvalue weighted by Crippen LogP contribution is -2.37. The zero-order valence-electron chi connectivity index (χ0n) is 13.9. The summed E-state index contributed by atoms with van der Waals surface area (Å²) in [5.41, 5.74) is 5.74. The monoisotopic (exact) mass is 296 g/mol. The van der Waals surface area contributed by atoms with Crippen LogP contribution in [0.1, 0.15) is 68.3 Å². The summed E-state index contributed by atoms with van der Waals surface area (Å²) < 4.78 is 0. The zero-order chi connectivity index (χ0) is 15.1. The van der Waals surface area contributed by atoms with Crippen molar-refractivity contribution in [2.24, 2.45) is 5.92 Å². The van der Waals surface area contributed by atoms with E-state index in [0.29, 0.717) is 12.1 Å². The van der Waals surface area contributed by atoms with Gasteiger partial charge in [-0.3, -0.25) is 0 Å². The van der Waals surface area contributed by atoms with Gasteiger partial charge in [-0.15, -0.1) is 0 Å². The standard InChI is InChI=1S/C20H28N2/c1-13-5-3-6-15(11-13)21-19-8-4-7-16-17-12-14(2)9-10-18(17)22-20(16)19/h9-10,12-13,15,19,21-22H,3-8,11H2,1-2H3. The highest BCUT2D eigenvalue weighted by atomic mass is 15.0. The summed E-state index contributed by atoms with van der Waals surface area (Å²) in [6.07, 6.45) is 9.35. The Labute approximate surface area is 133 Å². The van der Waals surface area contributed by atoms with Gasteiger partial charge < -0.3 is 10.3 Å². The minimum absolute atomic E-state index is 0.534. The number of rotatable bonds is 2. The topological polar surface area (TPSA) is 27.8 Å². The third kappa shape index (κ3) is 2.58. The fourth-order valence-electron chi connectivity index (χ4n) is 4.61. The molecule has 118 valence electrons. The first-order chi connectivity index (χ1) is 10.7. The first kappa shape index (κ1) is 14.3. The Morgan fingerprint density at radius 3 is 2.91 bits per heavy atom. The van der Waals surface area contributed by atoms with Crippen molar-refractivity contribution in [3.63, 3.8) is 0 Å². The number of hydrogen-bond acceptors (Lipinski definition) is 1. The van der Waals surface area contributed by atoms with Crippen molar-refractivity contribution in [3.8, 4) is 0 Å². The van der Waals surface area contributed by atoms with Crippen LogP contribution in [-0.4, -0.2) is 11.0 Å². The third-order valence-electron chi connectivity index (χ3n) is 5.74. The van der Waals surface area contributed by atoms with E-state index in [1.54, 1.807) is 5.56 Å². The lowest BCUT2D eigenvalue weighted by Gasteiger charge is -2.33. The van der Waals surface area contributed by atoms with Crippen molar-refractivity contribution < 1.29 is 0 Å². The molecule has 0 radical (unpaired) electrons. The average molecular weight is 296 g/mol. The van der Waals surface area contributed by atoms with Crippen molar-refractivity contribution in [1.29, 1.82) is 0 Å². The fraction of sp³-hybridized carbons (Fsp3) is 0.600. The number of benzene rings is 1. The first-order valence-electron chi connectivity index (χ1n) is 9.08. The maximum absolute atomic E-state index is 3.99. The van der Waals surface area contributed by atoms with Crippen LogP contribution in [0.4, 0.5) is 0 Å². The highest BCUT2D eigenvalue weighted by Gasteiger charge is 2.27. The van der Waals surface area contributed by atoms with E-state index in [1.807, 2.05) is 0 Å². The molecule has 1 fully saturated rings. The van der Waals surface area contributed by atoms with Crippen LogP contribution in [0.15, 0.2) is 18.2 Å². The quantitative estimate of drug-likeness (QED) is 0.800. The van der Waals surface area contributed by atoms with Crippen LogP contribution in [0.2, 0.25) is 0 Å². The van der Waals surface area contributed by atoms with Gasteiger partial charge in [-0.25, -0.2) is 0 Å². The molecule has 2 N–H and O–H groups in total. The lowest BCUT2D eigenvalue weighted by atomic mass is 9.85. The number of aromatic nitrogens is 1. The number of aromatic amines is 1. The molecule has 2 aromatic rings. The number of nitrogens with one attached hydrogen (secondary N) is 2. The fourth-order valence-corrected chi connectivity index (χ4v) is 4.61. The van der Waals surface area contributed by atoms with Crippen LogP contribution >= 0.6 is 0 Å². The number of aryl methyl sites for hydroxylation is 2. The molecule has 3 unspecified atom stereocenters. The van der Waals surface area contributed by atoms with Gasteiger partial charge >= 0.3 is 0 Å². The summed E-state index contributed by atoms with van der Waals surface area (Å²) in [4.78, 5) is 3.73. The van der Waals surface area contributed by atoms with Crippen molar-refractivity contribution in [2.45, 2.75) is 70.9 Å². The molecule has 3 atom stereocenters. The molecule has 2 aliphatic rings. The molecular weight excluding hydrogens is 268 g/mol. The van der Waals surface area contributed by atoms with E-state index in [4.69, 9.17) is 0 Å². The lowest BCUT2D eigenvalue weighted by molar-refractivity contribution is 0.270. The Morgan fingerprint density at radius 2 is 2.05 bits per heavy atom. The number of H-pyrrole nitrogens is 1. The van der Waals surface area contributed by atoms with E-state index in [-0.39, 0.29) is 0 Å². The van der Waals surface area contributed by atoms with Crippen molar-refractivity contribution in [3.05, 3.63) is 35.0 Å². The van der Waals surface area contributed by atoms with Gasteiger partial charge in [0.05, 0.1) is 0 Å². The molecule has 1 aromatic heterocycles. The van der Waals surface area contributed by atoms with Gasteiger partial charge in [0, 0.05) is 28.7 Å². The molecule has 0 saturated heterocycles. The summed E-state index contributed by atoms with van der Waals surface area (Å²) in [6.45, 7) is 4.60. The van der Waals surface area contributed by atoms with Gasteiger partial charge in [0.15, 0.2) is 0 Å². The predicted octanol–water partition coefficient (Wildman–Crippen LogP) is 5.02. The van der Waals surface area contributed by atoms with E-state index in [1.165, 1.54) is 67.1 Å². The summed E-state index contributed by atoms with van der Waals surface area (Å²) >= 11 is 0. The highest BCUT2D eigenvalue weighted by Crippen LogP contribution is 2.36. The Morgan fingerprint density at radius 1 is 1.14 bits per heavy atom. The summed E-state index contributed by atoms with van der Waals surface area (Å²) in [5.74, 6) is 0.889. The van der Waals surface area contributed by atoms with Gasteiger partial charge in [-0.05, 0) is 62.6 Å². The van der Waals surface area contributed by atoms with Gasteiger partial charge in [0.25, 0.3) is 0 Å². The van der Waals surface area contributed by atoms with Gasteiger partial charge in [-0.1, -0.05) is 31.4 Å². The minimum Gasteiger partial charge on any atom is -0.357 e. The Balaban J connectivity index is 1.63. The Bertz CT molecular complexity index is 670. The molecular formula is C20H28N2. The van der Waals surface area contributed by atoms with E-state index < -0.39 is 0 Å². The van der Waals surface area contributed by atoms with Crippen LogP contribution in [0, 0.1) is 12.8 Å². The van der Waals surface area contributed by atoms with E-state index >= 15 is 0 Å². The number of hydrogen-bond donors (Lipinski definition) is 2. The van der Waals surface area contributed by atoms with E-state index in [2.05, 4.69) is 42.3 Å². The Hall–Kier alpha value is -1.28. The van der Waals surface area contributed by atoms with Gasteiger partial charge in [0.2, 0.25) is 0 Å². The molecule has 4 rings (SSSR count). The van der Waals surface area contributed by atoms with Crippen LogP contribution in [-0.2, 0) is 6.42 Å². The first-order valence-corrected chi connectivity index (χ1v) is 9.08. The maximum atomic E-state index is 3.99. The van der Waals surface area contributed by atoms with Crippen LogP contribution < -0.4 is 5.32 Å². The van der Waals surface area contributed by atoms with Crippen LogP contribution in [0.3, 0.4) is 0 Å². The maximum Gasteiger partial charge on any atom is 0.0478 e. The van der Waals surface area contributed by atoms with Crippen LogP contribution in [0.5, 0.6) is 0 Å². The molecule has 1 heterocycles. The van der Waals surface area contributed by atoms with E-state index in [0.717, 1.165) is 5.92 Å². The smallest absolute Gasteiger partial charge is 0.0478 e. The van der Waals surface area contributed by atoms with Gasteiger partial charge in [-0.2, -0.15) is 0 Å². The second kappa shape index (κ2) is 5.73. The molecule has 0 aliphatic heterocycles. The zero-order valence-corrected chi connectivity index (χ0v) is 13.9. The molecule has 2 nitrogen and oxygen atoms in total. The summed E-state index contributed by atoms with van der Waals surface area (Å²) in [6, 6.07) is 8.08. The Kier molecular flexibility index (Phi) is 3.73. The molecule has 2 heteroatoms. The summed E-state index contributed by atoms with van der Waals surface area (Å²) in [5, 5.41) is 5.45. The highest BCUT2D eigenvalue weighted by molar-refractivity contribution is 5.85. The van der Waals surface area contributed by atoms with Gasteiger partial charge in [0.1, 0.15) is 0 Å². The largest absolute Gasteiger partial charge is 0.357 e. The second-order valence-electron chi connectivity index (χ2n) is 7.65. The SMILES string of the molecule is Cc1ccc2[nH]c3c(c2c1)CCCC3NC1CCCC(C)C1. The molecule has 0 spiro atoms. The van der Waals surface area contributed by atoms with Crippen LogP contribution in [0.25, 0.3) is 10.9 Å². The predicted molar refractivity (Wildman–Crippen MR) is 93.3 cm³/mol. The number of fused-ring (bicyclic) bond motifs is 3. The molecule has 1 aromatic carbocycles. The minimum atomic E-state index is 0.534. The normalized spacial score (nSPS) is 28.7. The third-order valence-corrected chi connectivity index (χ3v) is 5.74. The molecule has 0 amide bonds. The second-order valence-corrected chi connectivity index (χ2v) is 7.65. The average Bonchev–Trinajstić information content (AvgIpc) is 2.87. The molecule has 0 bridgehead atoms. The molecule has 22 heavy (non-hydrogen) atoms. The molecule has 1 saturated carbocycles. The summed E-state index contributed by atoms with van der Waals surface area (Å²) in [7, 11) is 0. The van der Waals surface area contributed by atoms with Crippen molar-refractivity contribution in [2.75, 3.05) is 0 Å². The van der Waals surface area contributed by atoms with Crippen molar-refractivity contribution in [1.82, 2.24) is 10.3 Å². The van der Waals surface area contributed by atoms with Crippen molar-refractivity contribution >= 4 is 10.9 Å². The van der Waals surface area contributed by atoms with E-state index in [9.17, 15) is 0 Å².